The minimum absolute atomic E-state index is 0.464. The average Bonchev–Trinajstić information content (AvgIpc) is 2.46. The lowest BCUT2D eigenvalue weighted by Gasteiger charge is -2.11. The van der Waals surface area contributed by atoms with Crippen LogP contribution in [-0.2, 0) is 11.3 Å². The quantitative estimate of drug-likeness (QED) is 0.868. The maximum atomic E-state index is 10.9. The summed E-state index contributed by atoms with van der Waals surface area (Å²) >= 11 is 0. The molecular formula is C17H19NO2. The number of para-hydroxylation sites is 1. The van der Waals surface area contributed by atoms with Crippen LogP contribution in [0.3, 0.4) is 0 Å². The third-order valence-electron chi connectivity index (χ3n) is 3.48. The molecule has 0 bridgehead atoms. The molecule has 0 spiro atoms. The molecule has 1 atom stereocenters. The molecule has 1 unspecified atom stereocenters. The number of carbonyl (C=O) groups is 1. The molecule has 3 nitrogen and oxygen atoms in total. The second kappa shape index (κ2) is 6.24. The van der Waals surface area contributed by atoms with Crippen molar-refractivity contribution in [3.63, 3.8) is 0 Å². The highest BCUT2D eigenvalue weighted by Gasteiger charge is 2.12. The number of aryl methyl sites for hydroxylation is 1. The molecular weight excluding hydrogens is 250 g/mol. The zero-order valence-electron chi connectivity index (χ0n) is 11.8. The molecule has 2 aromatic carbocycles. The highest BCUT2D eigenvalue weighted by Crippen LogP contribution is 2.18. The van der Waals surface area contributed by atoms with Crippen molar-refractivity contribution in [1.29, 1.82) is 0 Å². The van der Waals surface area contributed by atoms with Crippen molar-refractivity contribution in [3.05, 3.63) is 65.2 Å². The van der Waals surface area contributed by atoms with Crippen molar-refractivity contribution in [3.8, 4) is 0 Å². The number of carboxylic acid groups (broad SMARTS) is 1. The zero-order chi connectivity index (χ0) is 14.5. The molecule has 0 fully saturated rings. The highest BCUT2D eigenvalue weighted by atomic mass is 16.4. The van der Waals surface area contributed by atoms with Gasteiger partial charge in [-0.25, -0.2) is 0 Å². The molecule has 0 radical (unpaired) electrons. The van der Waals surface area contributed by atoms with Gasteiger partial charge in [-0.3, -0.25) is 4.79 Å². The second-order valence-corrected chi connectivity index (χ2v) is 4.97. The predicted octanol–water partition coefficient (Wildman–Crippen LogP) is 3.80. The molecule has 2 aromatic rings. The Labute approximate surface area is 119 Å². The Morgan fingerprint density at radius 3 is 2.40 bits per heavy atom. The lowest BCUT2D eigenvalue weighted by Crippen LogP contribution is -2.07. The number of benzene rings is 2. The van der Waals surface area contributed by atoms with E-state index in [-0.39, 0.29) is 0 Å². The summed E-state index contributed by atoms with van der Waals surface area (Å²) in [6.07, 6.45) is 0. The lowest BCUT2D eigenvalue weighted by atomic mass is 10.00. The molecule has 0 aliphatic heterocycles. The van der Waals surface area contributed by atoms with Crippen LogP contribution in [-0.4, -0.2) is 11.1 Å². The summed E-state index contributed by atoms with van der Waals surface area (Å²) in [5.41, 5.74) is 4.30. The van der Waals surface area contributed by atoms with Gasteiger partial charge in [0.2, 0.25) is 0 Å². The van der Waals surface area contributed by atoms with E-state index in [0.717, 1.165) is 23.4 Å². The van der Waals surface area contributed by atoms with E-state index in [9.17, 15) is 4.79 Å². The van der Waals surface area contributed by atoms with Gasteiger partial charge in [-0.15, -0.1) is 0 Å². The molecule has 104 valence electrons. The summed E-state index contributed by atoms with van der Waals surface area (Å²) in [6.45, 7) is 4.50. The van der Waals surface area contributed by atoms with Crippen LogP contribution in [0.1, 0.15) is 29.5 Å². The fraction of sp³-hybridized carbons (Fsp3) is 0.235. The maximum Gasteiger partial charge on any atom is 0.310 e. The standard InChI is InChI=1S/C17H19NO2/c1-12-5-3-4-6-16(12)18-11-14-7-9-15(10-8-14)13(2)17(19)20/h3-10,13,18H,11H2,1-2H3,(H,19,20). The van der Waals surface area contributed by atoms with Crippen molar-refractivity contribution in [2.24, 2.45) is 0 Å². The Bertz CT molecular complexity index is 590. The smallest absolute Gasteiger partial charge is 0.310 e. The van der Waals surface area contributed by atoms with Crippen LogP contribution in [0.15, 0.2) is 48.5 Å². The first-order valence-electron chi connectivity index (χ1n) is 6.69. The van der Waals surface area contributed by atoms with E-state index in [1.165, 1.54) is 5.56 Å². The van der Waals surface area contributed by atoms with Crippen LogP contribution in [0.2, 0.25) is 0 Å². The molecule has 0 aliphatic rings. The summed E-state index contributed by atoms with van der Waals surface area (Å²) in [5, 5.41) is 12.4. The largest absolute Gasteiger partial charge is 0.481 e. The Kier molecular flexibility index (Phi) is 4.41. The lowest BCUT2D eigenvalue weighted by molar-refractivity contribution is -0.138. The van der Waals surface area contributed by atoms with Crippen molar-refractivity contribution in [2.75, 3.05) is 5.32 Å². The Morgan fingerprint density at radius 1 is 1.15 bits per heavy atom. The van der Waals surface area contributed by atoms with E-state index < -0.39 is 11.9 Å². The molecule has 0 aromatic heterocycles. The second-order valence-electron chi connectivity index (χ2n) is 4.97. The van der Waals surface area contributed by atoms with Gasteiger partial charge in [0.25, 0.3) is 0 Å². The van der Waals surface area contributed by atoms with Crippen LogP contribution in [0.4, 0.5) is 5.69 Å². The topological polar surface area (TPSA) is 49.3 Å². The van der Waals surface area contributed by atoms with Crippen LogP contribution in [0.25, 0.3) is 0 Å². The zero-order valence-corrected chi connectivity index (χ0v) is 11.8. The molecule has 0 amide bonds. The van der Waals surface area contributed by atoms with Crippen LogP contribution in [0, 0.1) is 6.92 Å². The number of nitrogens with one attached hydrogen (secondary N) is 1. The van der Waals surface area contributed by atoms with Gasteiger partial charge in [0.15, 0.2) is 0 Å². The summed E-state index contributed by atoms with van der Waals surface area (Å²) < 4.78 is 0. The molecule has 2 rings (SSSR count). The third kappa shape index (κ3) is 3.38. The van der Waals surface area contributed by atoms with Gasteiger partial charge in [-0.1, -0.05) is 42.5 Å². The predicted molar refractivity (Wildman–Crippen MR) is 81.0 cm³/mol. The molecule has 3 heteroatoms. The highest BCUT2D eigenvalue weighted by molar-refractivity contribution is 5.75. The van der Waals surface area contributed by atoms with Gasteiger partial charge < -0.3 is 10.4 Å². The monoisotopic (exact) mass is 269 g/mol. The molecule has 0 saturated carbocycles. The number of anilines is 1. The van der Waals surface area contributed by atoms with Crippen molar-refractivity contribution in [2.45, 2.75) is 26.3 Å². The minimum Gasteiger partial charge on any atom is -0.481 e. The number of hydrogen-bond donors (Lipinski definition) is 2. The van der Waals surface area contributed by atoms with Gasteiger partial charge in [0.1, 0.15) is 0 Å². The Morgan fingerprint density at radius 2 is 1.80 bits per heavy atom. The third-order valence-corrected chi connectivity index (χ3v) is 3.48. The molecule has 0 aliphatic carbocycles. The molecule has 20 heavy (non-hydrogen) atoms. The van der Waals surface area contributed by atoms with Crippen LogP contribution in [0.5, 0.6) is 0 Å². The SMILES string of the molecule is Cc1ccccc1NCc1ccc(C(C)C(=O)O)cc1. The van der Waals surface area contributed by atoms with Crippen molar-refractivity contribution >= 4 is 11.7 Å². The van der Waals surface area contributed by atoms with E-state index in [2.05, 4.69) is 24.4 Å². The number of aliphatic carboxylic acids is 1. The van der Waals surface area contributed by atoms with Crippen LogP contribution < -0.4 is 5.32 Å². The van der Waals surface area contributed by atoms with Crippen molar-refractivity contribution < 1.29 is 9.90 Å². The Hall–Kier alpha value is -2.29. The summed E-state index contributed by atoms with van der Waals surface area (Å²) in [4.78, 5) is 10.9. The minimum atomic E-state index is -0.796. The van der Waals surface area contributed by atoms with Crippen molar-refractivity contribution in [1.82, 2.24) is 0 Å². The van der Waals surface area contributed by atoms with Crippen LogP contribution >= 0.6 is 0 Å². The molecule has 0 heterocycles. The Balaban J connectivity index is 2.01. The molecule has 2 N–H and O–H groups in total. The van der Waals surface area contributed by atoms with E-state index in [4.69, 9.17) is 5.11 Å². The first-order valence-corrected chi connectivity index (χ1v) is 6.69. The van der Waals surface area contributed by atoms with E-state index >= 15 is 0 Å². The maximum absolute atomic E-state index is 10.9. The van der Waals surface area contributed by atoms with Gasteiger partial charge in [-0.05, 0) is 36.6 Å². The van der Waals surface area contributed by atoms with E-state index in [0.29, 0.717) is 0 Å². The van der Waals surface area contributed by atoms with Gasteiger partial charge in [0.05, 0.1) is 5.92 Å². The van der Waals surface area contributed by atoms with Gasteiger partial charge in [-0.2, -0.15) is 0 Å². The van der Waals surface area contributed by atoms with Gasteiger partial charge >= 0.3 is 5.97 Å². The normalized spacial score (nSPS) is 11.9. The average molecular weight is 269 g/mol. The number of rotatable bonds is 5. The number of carboxylic acids is 1. The van der Waals surface area contributed by atoms with Gasteiger partial charge in [0, 0.05) is 12.2 Å². The number of hydrogen-bond acceptors (Lipinski definition) is 2. The van der Waals surface area contributed by atoms with E-state index in [1.807, 2.05) is 36.4 Å². The first-order chi connectivity index (χ1) is 9.58. The fourth-order valence-corrected chi connectivity index (χ4v) is 2.04. The van der Waals surface area contributed by atoms with E-state index in [1.54, 1.807) is 6.92 Å². The fourth-order valence-electron chi connectivity index (χ4n) is 2.04. The molecule has 0 saturated heterocycles. The first kappa shape index (κ1) is 14.1. The summed E-state index contributed by atoms with van der Waals surface area (Å²) in [7, 11) is 0. The summed E-state index contributed by atoms with van der Waals surface area (Å²) in [6, 6.07) is 15.9. The summed E-state index contributed by atoms with van der Waals surface area (Å²) in [5.74, 6) is -1.26.